The van der Waals surface area contributed by atoms with E-state index in [0.29, 0.717) is 37.1 Å². The highest BCUT2D eigenvalue weighted by Crippen LogP contribution is 2.33. The lowest BCUT2D eigenvalue weighted by Crippen LogP contribution is -2.49. The van der Waals surface area contributed by atoms with Gasteiger partial charge in [0.2, 0.25) is 11.9 Å². The first-order chi connectivity index (χ1) is 16.7. The number of nitrogens with one attached hydrogen (secondary N) is 1. The van der Waals surface area contributed by atoms with E-state index >= 15 is 0 Å². The second kappa shape index (κ2) is 12.1. The average molecular weight is 521 g/mol. The van der Waals surface area contributed by atoms with Crippen molar-refractivity contribution in [3.63, 3.8) is 0 Å². The molecule has 3 heterocycles. The first kappa shape index (κ1) is 26.6. The summed E-state index contributed by atoms with van der Waals surface area (Å²) in [5, 5.41) is 14.7. The zero-order valence-corrected chi connectivity index (χ0v) is 19.3. The van der Waals surface area contributed by atoms with Crippen LogP contribution in [0.25, 0.3) is 0 Å². The van der Waals surface area contributed by atoms with Gasteiger partial charge in [-0.25, -0.2) is 15.1 Å². The highest BCUT2D eigenvalue weighted by atomic mass is 35.5. The van der Waals surface area contributed by atoms with E-state index in [2.05, 4.69) is 15.1 Å². The zero-order valence-electron chi connectivity index (χ0n) is 18.5. The number of halogens is 4. The SMILES string of the molecule is O=C(CCOC[C@H](CCO)Oc1cn[nH]c(=O)c1C(F)(F)F)N1CCN(c2ncc(Cl)cn2)CC1. The summed E-state index contributed by atoms with van der Waals surface area (Å²) >= 11 is 5.79. The summed E-state index contributed by atoms with van der Waals surface area (Å²) in [6.07, 6.45) is -2.18. The number of aliphatic hydroxyl groups is 1. The van der Waals surface area contributed by atoms with E-state index in [9.17, 15) is 27.9 Å². The number of rotatable bonds is 10. The van der Waals surface area contributed by atoms with Crippen LogP contribution >= 0.6 is 11.6 Å². The number of nitrogens with zero attached hydrogens (tertiary/aromatic N) is 5. The number of aromatic amines is 1. The van der Waals surface area contributed by atoms with E-state index in [4.69, 9.17) is 21.1 Å². The Morgan fingerprint density at radius 3 is 2.51 bits per heavy atom. The van der Waals surface area contributed by atoms with Gasteiger partial charge in [-0.2, -0.15) is 18.3 Å². The molecule has 0 bridgehead atoms. The van der Waals surface area contributed by atoms with Crippen LogP contribution in [-0.4, -0.2) is 88.2 Å². The molecule has 11 nitrogen and oxygen atoms in total. The van der Waals surface area contributed by atoms with Gasteiger partial charge in [-0.3, -0.25) is 9.59 Å². The fourth-order valence-electron chi connectivity index (χ4n) is 3.40. The number of carbonyl (C=O) groups excluding carboxylic acids is 1. The van der Waals surface area contributed by atoms with Crippen molar-refractivity contribution in [1.29, 1.82) is 0 Å². The van der Waals surface area contributed by atoms with Crippen molar-refractivity contribution in [2.24, 2.45) is 0 Å². The lowest BCUT2D eigenvalue weighted by Gasteiger charge is -2.34. The third kappa shape index (κ3) is 7.50. The molecule has 0 aromatic carbocycles. The van der Waals surface area contributed by atoms with Crippen molar-refractivity contribution in [3.05, 3.63) is 39.5 Å². The summed E-state index contributed by atoms with van der Waals surface area (Å²) in [5.74, 6) is -0.370. The third-order valence-electron chi connectivity index (χ3n) is 5.14. The van der Waals surface area contributed by atoms with Gasteiger partial charge >= 0.3 is 6.18 Å². The van der Waals surface area contributed by atoms with E-state index in [1.807, 2.05) is 4.90 Å². The number of alkyl halides is 3. The Labute approximate surface area is 202 Å². The summed E-state index contributed by atoms with van der Waals surface area (Å²) in [4.78, 5) is 36.0. The third-order valence-corrected chi connectivity index (χ3v) is 5.33. The fourth-order valence-corrected chi connectivity index (χ4v) is 3.49. The smallest absolute Gasteiger partial charge is 0.425 e. The molecule has 1 atom stereocenters. The molecule has 0 saturated carbocycles. The molecule has 1 saturated heterocycles. The second-order valence-electron chi connectivity index (χ2n) is 7.58. The molecule has 15 heteroatoms. The van der Waals surface area contributed by atoms with E-state index in [1.165, 1.54) is 12.4 Å². The van der Waals surface area contributed by atoms with Crippen LogP contribution in [0.3, 0.4) is 0 Å². The summed E-state index contributed by atoms with van der Waals surface area (Å²) in [7, 11) is 0. The van der Waals surface area contributed by atoms with Crippen molar-refractivity contribution in [2.75, 3.05) is 50.9 Å². The van der Waals surface area contributed by atoms with Crippen LogP contribution in [0.4, 0.5) is 19.1 Å². The lowest BCUT2D eigenvalue weighted by atomic mass is 10.2. The zero-order chi connectivity index (χ0) is 25.4. The van der Waals surface area contributed by atoms with Crippen molar-refractivity contribution >= 4 is 23.5 Å². The number of H-pyrrole nitrogens is 1. The maximum Gasteiger partial charge on any atom is 0.425 e. The number of aliphatic hydroxyl groups excluding tert-OH is 1. The molecule has 35 heavy (non-hydrogen) atoms. The maximum atomic E-state index is 13.2. The number of hydrogen-bond donors (Lipinski definition) is 2. The Kier molecular flexibility index (Phi) is 9.23. The van der Waals surface area contributed by atoms with E-state index in [-0.39, 0.29) is 38.6 Å². The van der Waals surface area contributed by atoms with Gasteiger partial charge in [0.1, 0.15) is 6.10 Å². The standard InChI is InChI=1S/C20H24ClF3N6O5/c21-13-9-25-19(26-10-13)30-5-3-29(4-6-30)16(32)2-8-34-12-14(1-7-31)35-15-11-27-28-18(33)17(15)20(22,23)24/h9-11,14,31H,1-8,12H2,(H,28,33)/t14-/m0/s1. The molecule has 1 amide bonds. The average Bonchev–Trinajstić information content (AvgIpc) is 2.81. The molecule has 1 aliphatic heterocycles. The predicted molar refractivity (Wildman–Crippen MR) is 117 cm³/mol. The van der Waals surface area contributed by atoms with Crippen LogP contribution in [-0.2, 0) is 15.7 Å². The van der Waals surface area contributed by atoms with Crippen molar-refractivity contribution < 1.29 is 32.5 Å². The highest BCUT2D eigenvalue weighted by molar-refractivity contribution is 6.30. The number of carbonyl (C=O) groups is 1. The van der Waals surface area contributed by atoms with Gasteiger partial charge in [-0.15, -0.1) is 0 Å². The molecular weight excluding hydrogens is 497 g/mol. The number of amides is 1. The summed E-state index contributed by atoms with van der Waals surface area (Å²) in [6, 6.07) is 0. The first-order valence-electron chi connectivity index (χ1n) is 10.7. The lowest BCUT2D eigenvalue weighted by molar-refractivity contribution is -0.141. The Morgan fingerprint density at radius 2 is 1.89 bits per heavy atom. The Balaban J connectivity index is 1.45. The normalized spacial score (nSPS) is 15.2. The molecule has 1 fully saturated rings. The molecule has 0 radical (unpaired) electrons. The largest absolute Gasteiger partial charge is 0.485 e. The minimum atomic E-state index is -4.95. The van der Waals surface area contributed by atoms with E-state index < -0.39 is 29.2 Å². The number of piperazine rings is 1. The second-order valence-corrected chi connectivity index (χ2v) is 8.02. The molecule has 2 aromatic rings. The van der Waals surface area contributed by atoms with Gasteiger partial charge in [0.15, 0.2) is 11.3 Å². The Hall–Kier alpha value is -2.97. The molecular formula is C20H24ClF3N6O5. The molecule has 0 spiro atoms. The maximum absolute atomic E-state index is 13.2. The number of hydrogen-bond acceptors (Lipinski definition) is 9. The summed E-state index contributed by atoms with van der Waals surface area (Å²) in [5.41, 5.74) is -2.96. The number of aromatic nitrogens is 4. The molecule has 0 aliphatic carbocycles. The predicted octanol–water partition coefficient (Wildman–Crippen LogP) is 1.12. The Bertz CT molecular complexity index is 1030. The number of anilines is 1. The molecule has 0 unspecified atom stereocenters. The van der Waals surface area contributed by atoms with Crippen molar-refractivity contribution in [3.8, 4) is 5.75 Å². The van der Waals surface area contributed by atoms with Gasteiger partial charge < -0.3 is 24.4 Å². The van der Waals surface area contributed by atoms with Crippen molar-refractivity contribution in [2.45, 2.75) is 25.1 Å². The molecule has 2 aromatic heterocycles. The molecule has 3 rings (SSSR count). The summed E-state index contributed by atoms with van der Waals surface area (Å²) < 4.78 is 50.3. The highest BCUT2D eigenvalue weighted by Gasteiger charge is 2.38. The van der Waals surface area contributed by atoms with Crippen LogP contribution in [0.15, 0.2) is 23.4 Å². The van der Waals surface area contributed by atoms with Gasteiger partial charge in [0, 0.05) is 39.2 Å². The minimum absolute atomic E-state index is 0.00435. The quantitative estimate of drug-likeness (QED) is 0.442. The summed E-state index contributed by atoms with van der Waals surface area (Å²) in [6.45, 7) is 1.46. The minimum Gasteiger partial charge on any atom is -0.485 e. The van der Waals surface area contributed by atoms with Crippen LogP contribution in [0.5, 0.6) is 5.75 Å². The molecule has 2 N–H and O–H groups in total. The van der Waals surface area contributed by atoms with Gasteiger partial charge in [-0.05, 0) is 0 Å². The van der Waals surface area contributed by atoms with E-state index in [1.54, 1.807) is 10.00 Å². The van der Waals surface area contributed by atoms with Gasteiger partial charge in [0.25, 0.3) is 5.56 Å². The molecule has 1 aliphatic rings. The molecule has 192 valence electrons. The number of ether oxygens (including phenoxy) is 2. The van der Waals surface area contributed by atoms with Crippen LogP contribution in [0.1, 0.15) is 18.4 Å². The Morgan fingerprint density at radius 1 is 1.20 bits per heavy atom. The monoisotopic (exact) mass is 520 g/mol. The van der Waals surface area contributed by atoms with Crippen LogP contribution < -0.4 is 15.2 Å². The van der Waals surface area contributed by atoms with Crippen molar-refractivity contribution in [1.82, 2.24) is 25.1 Å². The van der Waals surface area contributed by atoms with Gasteiger partial charge in [-0.1, -0.05) is 11.6 Å². The topological polar surface area (TPSA) is 134 Å². The van der Waals surface area contributed by atoms with Gasteiger partial charge in [0.05, 0.1) is 43.2 Å². The van der Waals surface area contributed by atoms with Crippen LogP contribution in [0, 0.1) is 0 Å². The van der Waals surface area contributed by atoms with E-state index in [0.717, 1.165) is 6.20 Å². The van der Waals surface area contributed by atoms with Crippen LogP contribution in [0.2, 0.25) is 5.02 Å². The first-order valence-corrected chi connectivity index (χ1v) is 11.1. The fraction of sp³-hybridized carbons (Fsp3) is 0.550.